The minimum atomic E-state index is -1.82. The third kappa shape index (κ3) is 11.0. The average Bonchev–Trinajstić information content (AvgIpc) is 2.63. The van der Waals surface area contributed by atoms with Crippen LogP contribution in [0.3, 0.4) is 0 Å². The molecular formula is C19H26O13. The molecule has 5 atom stereocenters. The minimum Gasteiger partial charge on any atom is -0.462 e. The van der Waals surface area contributed by atoms with Gasteiger partial charge in [-0.2, -0.15) is 0 Å². The average molecular weight is 462 g/mol. The molecule has 0 N–H and O–H groups in total. The van der Waals surface area contributed by atoms with Gasteiger partial charge in [-0.1, -0.05) is 0 Å². The van der Waals surface area contributed by atoms with Crippen LogP contribution in [0.15, 0.2) is 0 Å². The standard InChI is InChI=1S/C19H26O13/c1-9(21)27-8-16(29-11(3)23)18(31-13(5)25)19(32-14(6)26)17(30-12(4)24)15(7-20)28-10(2)22/h7,15-19H,8H2,1-6H3. The van der Waals surface area contributed by atoms with Crippen LogP contribution < -0.4 is 0 Å². The normalized spacial score (nSPS) is 14.9. The topological polar surface area (TPSA) is 175 Å². The van der Waals surface area contributed by atoms with Crippen molar-refractivity contribution < 1.29 is 62.0 Å². The Bertz CT molecular complexity index is 729. The molecule has 0 aliphatic rings. The molecule has 0 heterocycles. The van der Waals surface area contributed by atoms with E-state index in [1.165, 1.54) is 0 Å². The molecule has 13 nitrogen and oxygen atoms in total. The second-order valence-corrected chi connectivity index (χ2v) is 6.38. The lowest BCUT2D eigenvalue weighted by Gasteiger charge is -2.36. The lowest BCUT2D eigenvalue weighted by molar-refractivity contribution is -0.211. The molecule has 0 amide bonds. The van der Waals surface area contributed by atoms with E-state index in [1.54, 1.807) is 0 Å². The van der Waals surface area contributed by atoms with Crippen molar-refractivity contribution in [2.24, 2.45) is 0 Å². The van der Waals surface area contributed by atoms with Gasteiger partial charge in [-0.05, 0) is 0 Å². The molecule has 180 valence electrons. The highest BCUT2D eigenvalue weighted by atomic mass is 16.6. The van der Waals surface area contributed by atoms with Crippen molar-refractivity contribution in [3.05, 3.63) is 0 Å². The Morgan fingerprint density at radius 1 is 0.562 bits per heavy atom. The summed E-state index contributed by atoms with van der Waals surface area (Å²) in [4.78, 5) is 81.1. The van der Waals surface area contributed by atoms with E-state index in [-0.39, 0.29) is 6.29 Å². The van der Waals surface area contributed by atoms with Gasteiger partial charge in [0, 0.05) is 41.5 Å². The summed E-state index contributed by atoms with van der Waals surface area (Å²) in [6.07, 6.45) is -8.66. The summed E-state index contributed by atoms with van der Waals surface area (Å²) >= 11 is 0. The van der Waals surface area contributed by atoms with Crippen LogP contribution in [0.2, 0.25) is 0 Å². The van der Waals surface area contributed by atoms with Gasteiger partial charge in [0.2, 0.25) is 0 Å². The lowest BCUT2D eigenvalue weighted by atomic mass is 9.98. The van der Waals surface area contributed by atoms with Gasteiger partial charge in [-0.15, -0.1) is 0 Å². The number of carbonyl (C=O) groups is 7. The maximum atomic E-state index is 11.8. The highest BCUT2D eigenvalue weighted by molar-refractivity contribution is 5.72. The Kier molecular flexibility index (Phi) is 12.2. The van der Waals surface area contributed by atoms with Gasteiger partial charge in [0.1, 0.15) is 6.61 Å². The predicted octanol–water partition coefficient (Wildman–Crippen LogP) is -0.593. The second kappa shape index (κ2) is 13.7. The zero-order chi connectivity index (χ0) is 25.0. The fraction of sp³-hybridized carbons (Fsp3) is 0.632. The highest BCUT2D eigenvalue weighted by Gasteiger charge is 2.47. The quantitative estimate of drug-likeness (QED) is 0.204. The van der Waals surface area contributed by atoms with Crippen LogP contribution in [-0.4, -0.2) is 79.2 Å². The Balaban J connectivity index is 6.58. The third-order valence-electron chi connectivity index (χ3n) is 3.45. The monoisotopic (exact) mass is 462 g/mol. The lowest BCUT2D eigenvalue weighted by Crippen LogP contribution is -2.57. The second-order valence-electron chi connectivity index (χ2n) is 6.38. The Morgan fingerprint density at radius 2 is 0.969 bits per heavy atom. The van der Waals surface area contributed by atoms with Crippen molar-refractivity contribution in [2.75, 3.05) is 6.61 Å². The SMILES string of the molecule is CC(=O)OCC(OC(C)=O)C(OC(C)=O)C(OC(C)=O)C(OC(C)=O)C(C=O)OC(C)=O. The molecule has 0 aromatic heterocycles. The fourth-order valence-electron chi connectivity index (χ4n) is 2.54. The molecule has 0 aromatic rings. The summed E-state index contributed by atoms with van der Waals surface area (Å²) < 4.78 is 30.0. The third-order valence-corrected chi connectivity index (χ3v) is 3.45. The van der Waals surface area contributed by atoms with Crippen LogP contribution in [0, 0.1) is 0 Å². The van der Waals surface area contributed by atoms with Gasteiger partial charge in [0.15, 0.2) is 36.8 Å². The van der Waals surface area contributed by atoms with Gasteiger partial charge in [0.05, 0.1) is 0 Å². The number of carbonyl (C=O) groups excluding carboxylic acids is 7. The molecule has 0 fully saturated rings. The van der Waals surface area contributed by atoms with Crippen LogP contribution >= 0.6 is 0 Å². The predicted molar refractivity (Wildman–Crippen MR) is 100 cm³/mol. The molecule has 0 aliphatic carbocycles. The van der Waals surface area contributed by atoms with Gasteiger partial charge in [-0.25, -0.2) is 0 Å². The number of aldehydes is 1. The molecule has 32 heavy (non-hydrogen) atoms. The van der Waals surface area contributed by atoms with Crippen molar-refractivity contribution in [1.82, 2.24) is 0 Å². The first-order valence-corrected chi connectivity index (χ1v) is 9.23. The van der Waals surface area contributed by atoms with Crippen molar-refractivity contribution in [2.45, 2.75) is 72.1 Å². The van der Waals surface area contributed by atoms with Crippen LogP contribution in [-0.2, 0) is 62.0 Å². The maximum absolute atomic E-state index is 11.8. The number of esters is 6. The first kappa shape index (κ1) is 28.5. The van der Waals surface area contributed by atoms with Crippen LogP contribution in [0.1, 0.15) is 41.5 Å². The Morgan fingerprint density at radius 3 is 1.34 bits per heavy atom. The largest absolute Gasteiger partial charge is 0.462 e. The number of hydrogen-bond acceptors (Lipinski definition) is 13. The van der Waals surface area contributed by atoms with E-state index >= 15 is 0 Å². The summed E-state index contributed by atoms with van der Waals surface area (Å²) in [6, 6.07) is 0. The molecule has 0 aliphatic heterocycles. The summed E-state index contributed by atoms with van der Waals surface area (Å²) in [5.74, 6) is -5.53. The molecule has 0 saturated heterocycles. The number of rotatable bonds is 12. The summed E-state index contributed by atoms with van der Waals surface area (Å²) in [5, 5.41) is 0. The van der Waals surface area contributed by atoms with Crippen LogP contribution in [0.5, 0.6) is 0 Å². The molecule has 0 aromatic carbocycles. The highest BCUT2D eigenvalue weighted by Crippen LogP contribution is 2.23. The zero-order valence-electron chi connectivity index (χ0n) is 18.5. The van der Waals surface area contributed by atoms with Gasteiger partial charge in [0.25, 0.3) is 0 Å². The van der Waals surface area contributed by atoms with Crippen molar-refractivity contribution in [1.29, 1.82) is 0 Å². The van der Waals surface area contributed by atoms with E-state index in [2.05, 4.69) is 0 Å². The molecule has 0 bridgehead atoms. The smallest absolute Gasteiger partial charge is 0.303 e. The van der Waals surface area contributed by atoms with E-state index in [0.29, 0.717) is 0 Å². The van der Waals surface area contributed by atoms with Crippen LogP contribution in [0.25, 0.3) is 0 Å². The Hall–Kier alpha value is -3.51. The molecule has 0 radical (unpaired) electrons. The van der Waals surface area contributed by atoms with E-state index in [0.717, 1.165) is 41.5 Å². The first-order chi connectivity index (χ1) is 14.8. The summed E-state index contributed by atoms with van der Waals surface area (Å²) in [7, 11) is 0. The molecule has 5 unspecified atom stereocenters. The number of ether oxygens (including phenoxy) is 6. The van der Waals surface area contributed by atoms with E-state index < -0.39 is 72.9 Å². The minimum absolute atomic E-state index is 0.100. The van der Waals surface area contributed by atoms with Crippen LogP contribution in [0.4, 0.5) is 0 Å². The molecule has 0 saturated carbocycles. The summed E-state index contributed by atoms with van der Waals surface area (Å²) in [6.45, 7) is 5.25. The maximum Gasteiger partial charge on any atom is 0.303 e. The Labute approximate surface area is 183 Å². The molecular weight excluding hydrogens is 436 g/mol. The molecule has 13 heteroatoms. The molecule has 0 spiro atoms. The van der Waals surface area contributed by atoms with Gasteiger partial charge < -0.3 is 28.4 Å². The van der Waals surface area contributed by atoms with Gasteiger partial charge in [-0.3, -0.25) is 33.6 Å². The first-order valence-electron chi connectivity index (χ1n) is 9.23. The fourth-order valence-corrected chi connectivity index (χ4v) is 2.54. The van der Waals surface area contributed by atoms with E-state index in [9.17, 15) is 33.6 Å². The van der Waals surface area contributed by atoms with E-state index in [4.69, 9.17) is 28.4 Å². The zero-order valence-corrected chi connectivity index (χ0v) is 18.5. The van der Waals surface area contributed by atoms with Crippen molar-refractivity contribution in [3.63, 3.8) is 0 Å². The van der Waals surface area contributed by atoms with Crippen molar-refractivity contribution in [3.8, 4) is 0 Å². The summed E-state index contributed by atoms with van der Waals surface area (Å²) in [5.41, 5.74) is 0. The van der Waals surface area contributed by atoms with E-state index in [1.807, 2.05) is 0 Å². The van der Waals surface area contributed by atoms with Gasteiger partial charge >= 0.3 is 35.8 Å². The van der Waals surface area contributed by atoms with Crippen molar-refractivity contribution >= 4 is 42.1 Å². The number of hydrogen-bond donors (Lipinski definition) is 0. The molecule has 0 rings (SSSR count).